The molecule has 1 radical (unpaired) electrons. The van der Waals surface area contributed by atoms with Gasteiger partial charge in [0.05, 0.1) is 0 Å². The number of hydrogen-bond acceptors (Lipinski definition) is 5. The molecule has 0 spiro atoms. The fourth-order valence-electron chi connectivity index (χ4n) is 0.953. The van der Waals surface area contributed by atoms with Gasteiger partial charge in [0.2, 0.25) is 0 Å². The van der Waals surface area contributed by atoms with E-state index in [4.69, 9.17) is 0 Å². The predicted octanol–water partition coefficient (Wildman–Crippen LogP) is -1.72. The minimum atomic E-state index is -0.404. The van der Waals surface area contributed by atoms with Crippen molar-refractivity contribution < 1.29 is 4.79 Å². The molecule has 13 heavy (non-hydrogen) atoms. The fraction of sp³-hybridized carbons (Fsp3) is 0.167. The summed E-state index contributed by atoms with van der Waals surface area (Å²) in [7, 11) is 1.46. The van der Waals surface area contributed by atoms with E-state index in [0.29, 0.717) is 0 Å². The van der Waals surface area contributed by atoms with Crippen LogP contribution in [0.2, 0.25) is 0 Å². The van der Waals surface area contributed by atoms with Crippen LogP contribution in [0.3, 0.4) is 0 Å². The number of fused-ring (bicyclic) bond motifs is 1. The number of carbonyl (C=O) groups excluding carboxylic acids is 1. The molecular weight excluding hydrogens is 174 g/mol. The van der Waals surface area contributed by atoms with Gasteiger partial charge in [-0.1, -0.05) is 5.21 Å². The Bertz CT molecular complexity index is 525. The maximum absolute atomic E-state index is 11.3. The minimum Gasteiger partial charge on any atom is -0.283 e. The number of hydrogen-bond donors (Lipinski definition) is 0. The van der Waals surface area contributed by atoms with Crippen molar-refractivity contribution >= 4 is 11.9 Å². The van der Waals surface area contributed by atoms with Gasteiger partial charge in [-0.2, -0.15) is 4.68 Å². The summed E-state index contributed by atoms with van der Waals surface area (Å²) >= 11 is 0. The minimum absolute atomic E-state index is 0.00907. The lowest BCUT2D eigenvalue weighted by Crippen LogP contribution is -2.27. The van der Waals surface area contributed by atoms with Gasteiger partial charge in [-0.3, -0.25) is 4.79 Å². The number of imidazole rings is 1. The van der Waals surface area contributed by atoms with E-state index in [2.05, 4.69) is 15.3 Å². The quantitative estimate of drug-likeness (QED) is 0.518. The van der Waals surface area contributed by atoms with Gasteiger partial charge in [-0.05, 0) is 0 Å². The predicted molar refractivity (Wildman–Crippen MR) is 40.8 cm³/mol. The third-order valence-electron chi connectivity index (χ3n) is 1.60. The molecule has 0 aromatic carbocycles. The molecule has 7 nitrogen and oxygen atoms in total. The molecular formula is C6H4N5O2. The Labute approximate surface area is 71.6 Å². The van der Waals surface area contributed by atoms with Crippen LogP contribution >= 0.6 is 0 Å². The Balaban J connectivity index is 2.97. The Morgan fingerprint density at radius 3 is 3.00 bits per heavy atom. The molecule has 65 valence electrons. The summed E-state index contributed by atoms with van der Waals surface area (Å²) in [5.41, 5.74) is -0.290. The molecule has 0 unspecified atom stereocenters. The van der Waals surface area contributed by atoms with Gasteiger partial charge in [0.1, 0.15) is 6.33 Å². The van der Waals surface area contributed by atoms with Crippen LogP contribution in [0.1, 0.15) is 5.69 Å². The highest BCUT2D eigenvalue weighted by atomic mass is 16.2. The van der Waals surface area contributed by atoms with Crippen molar-refractivity contribution in [3.63, 3.8) is 0 Å². The summed E-state index contributed by atoms with van der Waals surface area (Å²) in [4.78, 5) is 25.3. The lowest BCUT2D eigenvalue weighted by Gasteiger charge is -1.93. The Morgan fingerprint density at radius 1 is 1.54 bits per heavy atom. The molecule has 0 bridgehead atoms. The fourth-order valence-corrected chi connectivity index (χ4v) is 0.953. The second-order valence-corrected chi connectivity index (χ2v) is 2.38. The molecule has 0 aliphatic heterocycles. The van der Waals surface area contributed by atoms with Gasteiger partial charge in [-0.15, -0.1) is 5.10 Å². The van der Waals surface area contributed by atoms with Crippen molar-refractivity contribution in [1.29, 1.82) is 0 Å². The Morgan fingerprint density at radius 2 is 2.31 bits per heavy atom. The van der Waals surface area contributed by atoms with E-state index in [-0.39, 0.29) is 11.3 Å². The molecule has 2 heterocycles. The summed E-state index contributed by atoms with van der Waals surface area (Å²) in [6.07, 6.45) is 2.78. The van der Waals surface area contributed by atoms with E-state index in [1.165, 1.54) is 13.4 Å². The number of aryl methyl sites for hydroxylation is 1. The van der Waals surface area contributed by atoms with E-state index in [0.717, 1.165) is 9.08 Å². The van der Waals surface area contributed by atoms with Gasteiger partial charge in [0.25, 0.3) is 6.29 Å². The smallest absolute Gasteiger partial charge is 0.283 e. The third-order valence-corrected chi connectivity index (χ3v) is 1.60. The van der Waals surface area contributed by atoms with Crippen LogP contribution in [0, 0.1) is 0 Å². The maximum atomic E-state index is 11.3. The average molecular weight is 178 g/mol. The zero-order valence-electron chi connectivity index (χ0n) is 6.63. The molecule has 0 saturated heterocycles. The summed E-state index contributed by atoms with van der Waals surface area (Å²) in [6.45, 7) is 0. The van der Waals surface area contributed by atoms with Gasteiger partial charge in [-0.25, -0.2) is 14.2 Å². The van der Waals surface area contributed by atoms with Crippen LogP contribution in [-0.2, 0) is 11.8 Å². The second-order valence-electron chi connectivity index (χ2n) is 2.38. The summed E-state index contributed by atoms with van der Waals surface area (Å²) in [6, 6.07) is 0. The van der Waals surface area contributed by atoms with Crippen molar-refractivity contribution in [1.82, 2.24) is 24.4 Å². The molecule has 0 atom stereocenters. The molecule has 0 aliphatic carbocycles. The lowest BCUT2D eigenvalue weighted by atomic mass is 10.5. The van der Waals surface area contributed by atoms with E-state index in [1.807, 2.05) is 0 Å². The van der Waals surface area contributed by atoms with Crippen LogP contribution in [0.25, 0.3) is 5.65 Å². The van der Waals surface area contributed by atoms with Gasteiger partial charge in [0, 0.05) is 7.05 Å². The monoisotopic (exact) mass is 178 g/mol. The second kappa shape index (κ2) is 2.47. The van der Waals surface area contributed by atoms with E-state index in [9.17, 15) is 9.59 Å². The summed E-state index contributed by atoms with van der Waals surface area (Å²) in [5, 5.41) is 7.13. The molecule has 0 amide bonds. The van der Waals surface area contributed by atoms with E-state index < -0.39 is 5.69 Å². The molecule has 2 rings (SSSR count). The zero-order chi connectivity index (χ0) is 9.42. The van der Waals surface area contributed by atoms with Crippen LogP contribution in [0.4, 0.5) is 0 Å². The number of rotatable bonds is 1. The first kappa shape index (κ1) is 7.59. The van der Waals surface area contributed by atoms with E-state index in [1.54, 1.807) is 6.29 Å². The number of aromatic nitrogens is 5. The molecule has 0 N–H and O–H groups in total. The Kier molecular flexibility index (Phi) is 1.44. The maximum Gasteiger partial charge on any atom is 0.352 e. The average Bonchev–Trinajstić information content (AvgIpc) is 2.55. The van der Waals surface area contributed by atoms with Gasteiger partial charge >= 0.3 is 5.69 Å². The van der Waals surface area contributed by atoms with Crippen molar-refractivity contribution in [2.75, 3.05) is 0 Å². The highest BCUT2D eigenvalue weighted by Gasteiger charge is 2.08. The van der Waals surface area contributed by atoms with Crippen LogP contribution in [-0.4, -0.2) is 30.7 Å². The van der Waals surface area contributed by atoms with Crippen LogP contribution in [0.15, 0.2) is 11.1 Å². The van der Waals surface area contributed by atoms with Gasteiger partial charge < -0.3 is 0 Å². The summed E-state index contributed by atoms with van der Waals surface area (Å²) in [5.74, 6) is 0. The first-order valence-electron chi connectivity index (χ1n) is 3.39. The third kappa shape index (κ3) is 0.934. The normalized spacial score (nSPS) is 10.5. The molecule has 0 saturated carbocycles. The highest BCUT2D eigenvalue weighted by molar-refractivity contribution is 5.81. The molecule has 2 aromatic heterocycles. The van der Waals surface area contributed by atoms with Crippen molar-refractivity contribution in [3.05, 3.63) is 22.5 Å². The summed E-state index contributed by atoms with van der Waals surface area (Å²) < 4.78 is 2.18. The van der Waals surface area contributed by atoms with Crippen LogP contribution in [0.5, 0.6) is 0 Å². The standard InChI is InChI=1S/C6H4N5O2/c1-10-6(13)11-3-7-4(2-12)5(11)8-9-10/h3H,1H3. The zero-order valence-corrected chi connectivity index (χ0v) is 6.63. The molecule has 0 fully saturated rings. The van der Waals surface area contributed by atoms with Crippen molar-refractivity contribution in [2.24, 2.45) is 7.05 Å². The first-order valence-corrected chi connectivity index (χ1v) is 3.39. The highest BCUT2D eigenvalue weighted by Crippen LogP contribution is 1.97. The van der Waals surface area contributed by atoms with Crippen molar-refractivity contribution in [2.45, 2.75) is 0 Å². The number of nitrogens with zero attached hydrogens (tertiary/aromatic N) is 5. The SMILES string of the molecule is Cn1nnc2c([C]=O)ncn2c1=O. The largest absolute Gasteiger partial charge is 0.352 e. The molecule has 0 aliphatic rings. The molecule has 2 aromatic rings. The lowest BCUT2D eigenvalue weighted by molar-refractivity contribution is 0.561. The first-order chi connectivity index (χ1) is 6.24. The molecule has 7 heteroatoms. The topological polar surface area (TPSA) is 82.2 Å². The van der Waals surface area contributed by atoms with Crippen LogP contribution < -0.4 is 5.69 Å². The van der Waals surface area contributed by atoms with Gasteiger partial charge in [0.15, 0.2) is 11.3 Å². The Hall–Kier alpha value is -2.05. The van der Waals surface area contributed by atoms with Crippen molar-refractivity contribution in [3.8, 4) is 0 Å². The van der Waals surface area contributed by atoms with E-state index >= 15 is 0 Å².